The number of benzene rings is 1. The Balaban J connectivity index is 2.03. The number of β-amino-alcohol motifs (C(OH)–C–C–N with tert-alkyl or cyclic N) is 1. The molecule has 0 aromatic heterocycles. The van der Waals surface area contributed by atoms with E-state index < -0.39 is 11.7 Å². The molecule has 1 aromatic carbocycles. The molecule has 1 aliphatic rings. The maximum atomic E-state index is 12.6. The van der Waals surface area contributed by atoms with Crippen molar-refractivity contribution in [2.75, 3.05) is 26.2 Å². The summed E-state index contributed by atoms with van der Waals surface area (Å²) in [5, 5.41) is 12.7. The molecule has 1 aromatic rings. The first-order valence-electron chi connectivity index (χ1n) is 7.77. The van der Waals surface area contributed by atoms with E-state index in [-0.39, 0.29) is 12.6 Å². The van der Waals surface area contributed by atoms with E-state index in [1.807, 2.05) is 11.8 Å². The Kier molecular flexibility index (Phi) is 6.10. The van der Waals surface area contributed by atoms with Crippen molar-refractivity contribution < 1.29 is 18.3 Å². The highest BCUT2D eigenvalue weighted by molar-refractivity contribution is 5.80. The molecule has 130 valence electrons. The number of nitrogens with one attached hydrogen (secondary N) is 1. The second kappa shape index (κ2) is 8.06. The summed E-state index contributed by atoms with van der Waals surface area (Å²) in [6, 6.07) is 4.92. The molecule has 1 heterocycles. The molecule has 0 unspecified atom stereocenters. The van der Waals surface area contributed by atoms with Gasteiger partial charge in [-0.05, 0) is 31.5 Å². The Hall–Kier alpha value is -2.20. The summed E-state index contributed by atoms with van der Waals surface area (Å²) < 4.78 is 37.9. The van der Waals surface area contributed by atoms with Gasteiger partial charge in [0.1, 0.15) is 6.54 Å². The summed E-state index contributed by atoms with van der Waals surface area (Å²) in [5.41, 5.74) is -0.404. The van der Waals surface area contributed by atoms with E-state index in [1.165, 1.54) is 12.1 Å². The SMILES string of the molecule is CCNC(=NCC#Cc1cccc(C(F)(F)F)c1)N1CC[C@@H](O)C1. The fourth-order valence-corrected chi connectivity index (χ4v) is 2.39. The second-order valence-electron chi connectivity index (χ2n) is 5.44. The highest BCUT2D eigenvalue weighted by Crippen LogP contribution is 2.29. The second-order valence-corrected chi connectivity index (χ2v) is 5.44. The minimum absolute atomic E-state index is 0.172. The molecule has 0 spiro atoms. The van der Waals surface area contributed by atoms with E-state index in [0.29, 0.717) is 37.6 Å². The number of hydrogen-bond donors (Lipinski definition) is 2. The Morgan fingerprint density at radius 2 is 2.25 bits per heavy atom. The van der Waals surface area contributed by atoms with E-state index in [2.05, 4.69) is 22.2 Å². The van der Waals surface area contributed by atoms with Gasteiger partial charge in [0.15, 0.2) is 5.96 Å². The Morgan fingerprint density at radius 3 is 2.88 bits per heavy atom. The summed E-state index contributed by atoms with van der Waals surface area (Å²) >= 11 is 0. The quantitative estimate of drug-likeness (QED) is 0.493. The van der Waals surface area contributed by atoms with Gasteiger partial charge in [-0.2, -0.15) is 13.2 Å². The molecule has 2 rings (SSSR count). The predicted molar refractivity (Wildman–Crippen MR) is 86.5 cm³/mol. The van der Waals surface area contributed by atoms with Gasteiger partial charge in [-0.1, -0.05) is 17.9 Å². The number of hydrogen-bond acceptors (Lipinski definition) is 2. The molecule has 0 saturated carbocycles. The van der Waals surface area contributed by atoms with E-state index in [0.717, 1.165) is 12.1 Å². The average molecular weight is 339 g/mol. The molecule has 0 amide bonds. The van der Waals surface area contributed by atoms with Crippen LogP contribution in [0.1, 0.15) is 24.5 Å². The number of aliphatic hydroxyl groups excluding tert-OH is 1. The zero-order valence-electron chi connectivity index (χ0n) is 13.4. The lowest BCUT2D eigenvalue weighted by Crippen LogP contribution is -2.40. The lowest BCUT2D eigenvalue weighted by molar-refractivity contribution is -0.137. The maximum Gasteiger partial charge on any atom is 0.416 e. The molecule has 1 fully saturated rings. The van der Waals surface area contributed by atoms with E-state index >= 15 is 0 Å². The van der Waals surface area contributed by atoms with Gasteiger partial charge < -0.3 is 15.3 Å². The molecule has 1 atom stereocenters. The number of aliphatic imine (C=N–C) groups is 1. The third-order valence-electron chi connectivity index (χ3n) is 3.53. The summed E-state index contributed by atoms with van der Waals surface area (Å²) in [5.74, 6) is 6.13. The van der Waals surface area contributed by atoms with Gasteiger partial charge in [0.25, 0.3) is 0 Å². The first-order valence-corrected chi connectivity index (χ1v) is 7.77. The van der Waals surface area contributed by atoms with Gasteiger partial charge in [-0.25, -0.2) is 4.99 Å². The van der Waals surface area contributed by atoms with Crippen LogP contribution in [0.5, 0.6) is 0 Å². The molecule has 0 bridgehead atoms. The third kappa shape index (κ3) is 5.17. The van der Waals surface area contributed by atoms with Crippen LogP contribution in [0.25, 0.3) is 0 Å². The van der Waals surface area contributed by atoms with Gasteiger partial charge in [-0.15, -0.1) is 0 Å². The van der Waals surface area contributed by atoms with Gasteiger partial charge >= 0.3 is 6.18 Å². The van der Waals surface area contributed by atoms with Gasteiger partial charge in [0.2, 0.25) is 0 Å². The zero-order valence-corrected chi connectivity index (χ0v) is 13.4. The number of rotatable bonds is 2. The van der Waals surface area contributed by atoms with Crippen molar-refractivity contribution in [3.8, 4) is 11.8 Å². The molecule has 24 heavy (non-hydrogen) atoms. The molecular weight excluding hydrogens is 319 g/mol. The van der Waals surface area contributed by atoms with Crippen LogP contribution >= 0.6 is 0 Å². The molecule has 0 aliphatic carbocycles. The summed E-state index contributed by atoms with van der Waals surface area (Å²) in [6.45, 7) is 4.04. The molecule has 1 saturated heterocycles. The third-order valence-corrected chi connectivity index (χ3v) is 3.53. The predicted octanol–water partition coefficient (Wildman–Crippen LogP) is 2.09. The fourth-order valence-electron chi connectivity index (χ4n) is 2.39. The van der Waals surface area contributed by atoms with Crippen molar-refractivity contribution in [3.63, 3.8) is 0 Å². The topological polar surface area (TPSA) is 47.9 Å². The Labute approximate surface area is 139 Å². The van der Waals surface area contributed by atoms with E-state index in [9.17, 15) is 18.3 Å². The molecule has 0 radical (unpaired) electrons. The van der Waals surface area contributed by atoms with Crippen LogP contribution in [0.3, 0.4) is 0 Å². The van der Waals surface area contributed by atoms with Crippen molar-refractivity contribution >= 4 is 5.96 Å². The maximum absolute atomic E-state index is 12.6. The summed E-state index contributed by atoms with van der Waals surface area (Å²) in [7, 11) is 0. The molecule has 4 nitrogen and oxygen atoms in total. The largest absolute Gasteiger partial charge is 0.416 e. The Morgan fingerprint density at radius 1 is 1.46 bits per heavy atom. The first kappa shape index (κ1) is 18.1. The summed E-state index contributed by atoms with van der Waals surface area (Å²) in [6.07, 6.45) is -4.03. The Bertz CT molecular complexity index is 646. The number of alkyl halides is 3. The molecular formula is C17H20F3N3O. The first-order chi connectivity index (χ1) is 11.4. The fraction of sp³-hybridized carbons (Fsp3) is 0.471. The van der Waals surface area contributed by atoms with Crippen LogP contribution in [-0.4, -0.2) is 48.2 Å². The van der Waals surface area contributed by atoms with E-state index in [4.69, 9.17) is 0 Å². The zero-order chi connectivity index (χ0) is 17.6. The van der Waals surface area contributed by atoms with Crippen molar-refractivity contribution in [1.82, 2.24) is 10.2 Å². The summed E-state index contributed by atoms with van der Waals surface area (Å²) in [4.78, 5) is 6.29. The number of guanidine groups is 1. The van der Waals surface area contributed by atoms with Gasteiger partial charge in [-0.3, -0.25) is 0 Å². The van der Waals surface area contributed by atoms with Crippen molar-refractivity contribution in [3.05, 3.63) is 35.4 Å². The molecule has 2 N–H and O–H groups in total. The number of aliphatic hydroxyl groups is 1. The highest BCUT2D eigenvalue weighted by Gasteiger charge is 2.30. The lowest BCUT2D eigenvalue weighted by Gasteiger charge is -2.20. The van der Waals surface area contributed by atoms with E-state index in [1.54, 1.807) is 0 Å². The highest BCUT2D eigenvalue weighted by atomic mass is 19.4. The van der Waals surface area contributed by atoms with Gasteiger partial charge in [0, 0.05) is 25.2 Å². The average Bonchev–Trinajstić information content (AvgIpc) is 2.96. The number of nitrogens with zero attached hydrogens (tertiary/aromatic N) is 2. The lowest BCUT2D eigenvalue weighted by atomic mass is 10.1. The standard InChI is InChI=1S/C17H20F3N3O/c1-2-21-16(23-10-8-15(24)12-23)22-9-4-6-13-5-3-7-14(11-13)17(18,19)20/h3,5,7,11,15,24H,2,8-10,12H2,1H3,(H,21,22)/t15-/m1/s1. The molecule has 7 heteroatoms. The van der Waals surface area contributed by atoms with Crippen LogP contribution < -0.4 is 5.32 Å². The van der Waals surface area contributed by atoms with Crippen LogP contribution in [0, 0.1) is 11.8 Å². The van der Waals surface area contributed by atoms with Gasteiger partial charge in [0.05, 0.1) is 11.7 Å². The van der Waals surface area contributed by atoms with Crippen LogP contribution in [-0.2, 0) is 6.18 Å². The number of likely N-dealkylation sites (tertiary alicyclic amines) is 1. The van der Waals surface area contributed by atoms with Crippen molar-refractivity contribution in [1.29, 1.82) is 0 Å². The monoisotopic (exact) mass is 339 g/mol. The van der Waals surface area contributed by atoms with Crippen LogP contribution in [0.4, 0.5) is 13.2 Å². The minimum atomic E-state index is -4.37. The van der Waals surface area contributed by atoms with Crippen molar-refractivity contribution in [2.24, 2.45) is 4.99 Å². The van der Waals surface area contributed by atoms with Crippen molar-refractivity contribution in [2.45, 2.75) is 25.6 Å². The van der Waals surface area contributed by atoms with Crippen LogP contribution in [0.15, 0.2) is 29.3 Å². The number of halogens is 3. The minimum Gasteiger partial charge on any atom is -0.391 e. The normalized spacial score (nSPS) is 18.3. The molecule has 1 aliphatic heterocycles. The van der Waals surface area contributed by atoms with Crippen LogP contribution in [0.2, 0.25) is 0 Å². The smallest absolute Gasteiger partial charge is 0.391 e.